The summed E-state index contributed by atoms with van der Waals surface area (Å²) in [7, 11) is 0. The molecule has 0 fully saturated rings. The van der Waals surface area contributed by atoms with E-state index in [1.165, 1.54) is 29.5 Å². The molecule has 2 rings (SSSR count). The Balaban J connectivity index is 2.23. The van der Waals surface area contributed by atoms with Gasteiger partial charge in [0.05, 0.1) is 4.92 Å². The summed E-state index contributed by atoms with van der Waals surface area (Å²) in [5.74, 6) is -0.530. The first-order valence-electron chi connectivity index (χ1n) is 5.53. The molecule has 1 unspecified atom stereocenters. The van der Waals surface area contributed by atoms with Gasteiger partial charge in [-0.05, 0) is 23.6 Å². The number of nitro groups is 1. The summed E-state index contributed by atoms with van der Waals surface area (Å²) in [5.41, 5.74) is 5.58. The molecule has 1 heterocycles. The van der Waals surface area contributed by atoms with Crippen molar-refractivity contribution in [2.75, 3.05) is 5.32 Å². The number of hydrogen-bond acceptors (Lipinski definition) is 5. The summed E-state index contributed by atoms with van der Waals surface area (Å²) in [4.78, 5) is 23.0. The zero-order valence-corrected chi connectivity index (χ0v) is 11.6. The maximum Gasteiger partial charge on any atom is 0.292 e. The molecule has 8 heteroatoms. The van der Waals surface area contributed by atoms with Crippen LogP contribution in [0.5, 0.6) is 0 Å². The molecule has 0 aliphatic rings. The fraction of sp³-hybridized carbons (Fsp3) is 0.0833. The van der Waals surface area contributed by atoms with E-state index < -0.39 is 16.9 Å². The number of carbonyl (C=O) groups is 1. The molecule has 3 N–H and O–H groups in total. The number of thiophene rings is 1. The maximum atomic E-state index is 12.0. The molecule has 104 valence electrons. The van der Waals surface area contributed by atoms with Crippen molar-refractivity contribution in [2.24, 2.45) is 5.73 Å². The van der Waals surface area contributed by atoms with Crippen molar-refractivity contribution < 1.29 is 9.72 Å². The Morgan fingerprint density at radius 2 is 2.20 bits per heavy atom. The van der Waals surface area contributed by atoms with Crippen LogP contribution >= 0.6 is 22.9 Å². The molecular formula is C12H10ClN3O3S. The topological polar surface area (TPSA) is 98.3 Å². The number of rotatable bonds is 4. The van der Waals surface area contributed by atoms with Gasteiger partial charge < -0.3 is 11.1 Å². The Kier molecular flexibility index (Phi) is 4.33. The Bertz CT molecular complexity index is 645. The predicted molar refractivity (Wildman–Crippen MR) is 78.0 cm³/mol. The number of nitrogens with two attached hydrogens (primary N) is 1. The Labute approximate surface area is 123 Å². The van der Waals surface area contributed by atoms with Gasteiger partial charge in [-0.25, -0.2) is 0 Å². The van der Waals surface area contributed by atoms with Crippen molar-refractivity contribution in [3.8, 4) is 0 Å². The molecule has 20 heavy (non-hydrogen) atoms. The lowest BCUT2D eigenvalue weighted by molar-refractivity contribution is -0.383. The Hall–Kier alpha value is -1.96. The molecule has 1 aromatic heterocycles. The van der Waals surface area contributed by atoms with Gasteiger partial charge in [0.2, 0.25) is 5.91 Å². The van der Waals surface area contributed by atoms with Crippen molar-refractivity contribution in [1.82, 2.24) is 0 Å². The summed E-state index contributed by atoms with van der Waals surface area (Å²) in [5, 5.41) is 15.4. The fourth-order valence-corrected chi connectivity index (χ4v) is 2.47. The highest BCUT2D eigenvalue weighted by Crippen LogP contribution is 2.28. The normalized spacial score (nSPS) is 11.9. The van der Waals surface area contributed by atoms with Crippen LogP contribution in [0.3, 0.4) is 0 Å². The van der Waals surface area contributed by atoms with Crippen LogP contribution in [0.2, 0.25) is 5.02 Å². The van der Waals surface area contributed by atoms with E-state index in [2.05, 4.69) is 5.32 Å². The van der Waals surface area contributed by atoms with Crippen LogP contribution in [0.1, 0.15) is 10.9 Å². The van der Waals surface area contributed by atoms with E-state index in [0.717, 1.165) is 0 Å². The lowest BCUT2D eigenvalue weighted by atomic mass is 10.2. The quantitative estimate of drug-likeness (QED) is 0.670. The van der Waals surface area contributed by atoms with E-state index in [4.69, 9.17) is 17.3 Å². The van der Waals surface area contributed by atoms with E-state index >= 15 is 0 Å². The predicted octanol–water partition coefficient (Wildman–Crippen LogP) is 2.95. The highest BCUT2D eigenvalue weighted by atomic mass is 35.5. The van der Waals surface area contributed by atoms with Crippen molar-refractivity contribution in [3.63, 3.8) is 0 Å². The molecule has 6 nitrogen and oxygen atoms in total. The average molecular weight is 312 g/mol. The molecule has 0 spiro atoms. The second-order valence-corrected chi connectivity index (χ2v) is 5.32. The van der Waals surface area contributed by atoms with Gasteiger partial charge in [-0.2, -0.15) is 0 Å². The summed E-state index contributed by atoms with van der Waals surface area (Å²) in [6.07, 6.45) is 0. The molecule has 0 aliphatic carbocycles. The second-order valence-electron chi connectivity index (χ2n) is 3.90. The fourth-order valence-electron chi connectivity index (χ4n) is 1.58. The minimum atomic E-state index is -0.881. The van der Waals surface area contributed by atoms with Gasteiger partial charge in [-0.15, -0.1) is 11.3 Å². The third-order valence-corrected chi connectivity index (χ3v) is 3.74. The zero-order valence-electron chi connectivity index (χ0n) is 10.1. The number of carbonyl (C=O) groups excluding carboxylic acids is 1. The van der Waals surface area contributed by atoms with Crippen molar-refractivity contribution in [3.05, 3.63) is 55.7 Å². The van der Waals surface area contributed by atoms with Gasteiger partial charge in [-0.3, -0.25) is 14.9 Å². The maximum absolute atomic E-state index is 12.0. The van der Waals surface area contributed by atoms with Crippen LogP contribution in [0.4, 0.5) is 11.4 Å². The standard InChI is InChI=1S/C12H10ClN3O3S/c13-7-3-4-9(16(18)19)8(6-7)15-12(17)11(14)10-2-1-5-20-10/h1-6,11H,14H2,(H,15,17). The van der Waals surface area contributed by atoms with E-state index in [1.54, 1.807) is 17.5 Å². The van der Waals surface area contributed by atoms with Crippen LogP contribution in [0, 0.1) is 10.1 Å². The number of nitrogens with zero attached hydrogens (tertiary/aromatic N) is 1. The first kappa shape index (κ1) is 14.4. The molecular weight excluding hydrogens is 302 g/mol. The van der Waals surface area contributed by atoms with Gasteiger partial charge in [0.25, 0.3) is 5.69 Å². The second kappa shape index (κ2) is 6.00. The van der Waals surface area contributed by atoms with Gasteiger partial charge in [-0.1, -0.05) is 17.7 Å². The number of hydrogen-bond donors (Lipinski definition) is 2. The SMILES string of the molecule is NC(C(=O)Nc1cc(Cl)ccc1[N+](=O)[O-])c1cccs1. The smallest absolute Gasteiger partial charge is 0.292 e. The lowest BCUT2D eigenvalue weighted by Gasteiger charge is -2.11. The minimum Gasteiger partial charge on any atom is -0.319 e. The number of anilines is 1. The van der Waals surface area contributed by atoms with Gasteiger partial charge in [0, 0.05) is 16.0 Å². The van der Waals surface area contributed by atoms with Crippen LogP contribution in [0.25, 0.3) is 0 Å². The third kappa shape index (κ3) is 3.13. The van der Waals surface area contributed by atoms with Crippen molar-refractivity contribution in [2.45, 2.75) is 6.04 Å². The molecule has 0 radical (unpaired) electrons. The molecule has 1 amide bonds. The van der Waals surface area contributed by atoms with Crippen LogP contribution in [0.15, 0.2) is 35.7 Å². The van der Waals surface area contributed by atoms with Crippen LogP contribution < -0.4 is 11.1 Å². The molecule has 2 aromatic rings. The average Bonchev–Trinajstić information content (AvgIpc) is 2.91. The summed E-state index contributed by atoms with van der Waals surface area (Å²) >= 11 is 7.12. The molecule has 0 aliphatic heterocycles. The highest BCUT2D eigenvalue weighted by molar-refractivity contribution is 7.10. The molecule has 1 atom stereocenters. The van der Waals surface area contributed by atoms with Crippen molar-refractivity contribution in [1.29, 1.82) is 0 Å². The first-order valence-corrected chi connectivity index (χ1v) is 6.78. The molecule has 0 bridgehead atoms. The van der Waals surface area contributed by atoms with Crippen LogP contribution in [-0.4, -0.2) is 10.8 Å². The number of nitrogens with one attached hydrogen (secondary N) is 1. The number of benzene rings is 1. The summed E-state index contributed by atoms with van der Waals surface area (Å²) in [6, 6.07) is 6.55. The summed E-state index contributed by atoms with van der Waals surface area (Å²) < 4.78 is 0. The van der Waals surface area contributed by atoms with E-state index in [0.29, 0.717) is 4.88 Å². The van der Waals surface area contributed by atoms with Gasteiger partial charge >= 0.3 is 0 Å². The molecule has 1 aromatic carbocycles. The van der Waals surface area contributed by atoms with Crippen molar-refractivity contribution >= 4 is 40.2 Å². The van der Waals surface area contributed by atoms with E-state index in [9.17, 15) is 14.9 Å². The van der Waals surface area contributed by atoms with Gasteiger partial charge in [0.15, 0.2) is 0 Å². The molecule has 0 saturated heterocycles. The highest BCUT2D eigenvalue weighted by Gasteiger charge is 2.21. The zero-order chi connectivity index (χ0) is 14.7. The van der Waals surface area contributed by atoms with Gasteiger partial charge in [0.1, 0.15) is 11.7 Å². The third-order valence-electron chi connectivity index (χ3n) is 2.55. The Morgan fingerprint density at radius 1 is 1.45 bits per heavy atom. The number of halogens is 1. The minimum absolute atomic E-state index is 0.0273. The first-order chi connectivity index (χ1) is 9.49. The van der Waals surface area contributed by atoms with E-state index in [1.807, 2.05) is 0 Å². The van der Waals surface area contributed by atoms with Crippen LogP contribution in [-0.2, 0) is 4.79 Å². The lowest BCUT2D eigenvalue weighted by Crippen LogP contribution is -2.27. The monoisotopic (exact) mass is 311 g/mol. The Morgan fingerprint density at radius 3 is 2.80 bits per heavy atom. The van der Waals surface area contributed by atoms with E-state index in [-0.39, 0.29) is 16.4 Å². The number of nitro benzene ring substituents is 1. The largest absolute Gasteiger partial charge is 0.319 e. The number of amides is 1. The summed E-state index contributed by atoms with van der Waals surface area (Å²) in [6.45, 7) is 0. The molecule has 0 saturated carbocycles.